The van der Waals surface area contributed by atoms with Crippen LogP contribution in [0.2, 0.25) is 0 Å². The van der Waals surface area contributed by atoms with E-state index in [0.717, 1.165) is 37.3 Å². The van der Waals surface area contributed by atoms with Crippen LogP contribution in [0.3, 0.4) is 0 Å². The summed E-state index contributed by atoms with van der Waals surface area (Å²) >= 11 is 0. The topological polar surface area (TPSA) is 82.2 Å². The van der Waals surface area contributed by atoms with Gasteiger partial charge in [-0.15, -0.1) is 0 Å². The minimum atomic E-state index is -0.732. The Labute approximate surface area is 167 Å². The van der Waals surface area contributed by atoms with Gasteiger partial charge in [-0.05, 0) is 18.8 Å². The third kappa shape index (κ3) is 4.03. The summed E-state index contributed by atoms with van der Waals surface area (Å²) in [5.74, 6) is -0.101. The van der Waals surface area contributed by atoms with Crippen LogP contribution in [-0.4, -0.2) is 90.6 Å². The highest BCUT2D eigenvalue weighted by atomic mass is 16.5. The van der Waals surface area contributed by atoms with Crippen molar-refractivity contribution >= 4 is 17.8 Å². The molecule has 2 saturated heterocycles. The average Bonchev–Trinajstić information content (AvgIpc) is 2.86. The van der Waals surface area contributed by atoms with Gasteiger partial charge in [0.15, 0.2) is 0 Å². The summed E-state index contributed by atoms with van der Waals surface area (Å²) in [5.41, 5.74) is -0.732. The zero-order valence-electron chi connectivity index (χ0n) is 17.4. The second-order valence-electron chi connectivity index (χ2n) is 8.59. The number of likely N-dealkylation sites (N-methyl/N-ethyl adjacent to an activating group) is 1. The molecule has 1 atom stereocenters. The molecule has 3 rings (SSSR count). The number of ether oxygens (including phenoxy) is 1. The van der Waals surface area contributed by atoms with Gasteiger partial charge in [0.05, 0.1) is 13.2 Å². The molecule has 1 aliphatic carbocycles. The molecule has 1 saturated carbocycles. The Bertz CT molecular complexity index is 597. The number of nitrogens with one attached hydrogen (secondary N) is 1. The summed E-state index contributed by atoms with van der Waals surface area (Å²) in [5, 5.41) is 2.95. The molecule has 2 heterocycles. The molecular weight excluding hydrogens is 360 g/mol. The molecule has 4 amide bonds. The van der Waals surface area contributed by atoms with Gasteiger partial charge >= 0.3 is 6.03 Å². The van der Waals surface area contributed by atoms with Gasteiger partial charge in [-0.3, -0.25) is 19.4 Å². The van der Waals surface area contributed by atoms with E-state index in [1.54, 1.807) is 11.9 Å². The van der Waals surface area contributed by atoms with Gasteiger partial charge in [-0.1, -0.05) is 33.1 Å². The molecular formula is C20H34N4O4. The second-order valence-corrected chi connectivity index (χ2v) is 8.59. The first kappa shape index (κ1) is 21.0. The van der Waals surface area contributed by atoms with Gasteiger partial charge < -0.3 is 15.0 Å². The fourth-order valence-electron chi connectivity index (χ4n) is 4.78. The van der Waals surface area contributed by atoms with E-state index in [1.165, 1.54) is 0 Å². The maximum absolute atomic E-state index is 13.0. The number of hydrogen-bond acceptors (Lipinski definition) is 5. The monoisotopic (exact) mass is 394 g/mol. The molecule has 0 radical (unpaired) electrons. The van der Waals surface area contributed by atoms with Crippen LogP contribution < -0.4 is 5.32 Å². The summed E-state index contributed by atoms with van der Waals surface area (Å²) in [4.78, 5) is 43.2. The Balaban J connectivity index is 1.58. The lowest BCUT2D eigenvalue weighted by Crippen LogP contribution is -2.52. The van der Waals surface area contributed by atoms with Crippen LogP contribution in [0.25, 0.3) is 0 Å². The third-order valence-corrected chi connectivity index (χ3v) is 6.58. The quantitative estimate of drug-likeness (QED) is 0.681. The lowest BCUT2D eigenvalue weighted by Gasteiger charge is -2.37. The van der Waals surface area contributed by atoms with Crippen molar-refractivity contribution in [3.63, 3.8) is 0 Å². The smallest absolute Gasteiger partial charge is 0.327 e. The largest absolute Gasteiger partial charge is 0.379 e. The molecule has 3 aliphatic rings. The van der Waals surface area contributed by atoms with E-state index < -0.39 is 5.54 Å². The van der Waals surface area contributed by atoms with Crippen LogP contribution in [0.1, 0.15) is 46.0 Å². The molecule has 28 heavy (non-hydrogen) atoms. The second kappa shape index (κ2) is 8.78. The maximum Gasteiger partial charge on any atom is 0.327 e. The molecule has 2 aliphatic heterocycles. The highest BCUT2D eigenvalue weighted by Crippen LogP contribution is 2.39. The van der Waals surface area contributed by atoms with Crippen molar-refractivity contribution in [2.24, 2.45) is 5.92 Å². The Morgan fingerprint density at radius 1 is 1.14 bits per heavy atom. The highest BCUT2D eigenvalue weighted by molar-refractivity contribution is 6.08. The van der Waals surface area contributed by atoms with Crippen LogP contribution >= 0.6 is 0 Å². The number of rotatable bonds is 6. The molecule has 0 aromatic rings. The molecule has 8 nitrogen and oxygen atoms in total. The van der Waals surface area contributed by atoms with Crippen LogP contribution in [0.5, 0.6) is 0 Å². The SMILES string of the molecule is CC(C)[C@@H](CNC(=O)CN1C(=O)N(C)C2(CCCCC2)C1=O)N1CCOCC1. The van der Waals surface area contributed by atoms with Crippen molar-refractivity contribution in [1.82, 2.24) is 20.0 Å². The van der Waals surface area contributed by atoms with E-state index >= 15 is 0 Å². The summed E-state index contributed by atoms with van der Waals surface area (Å²) in [6.45, 7) is 7.73. The van der Waals surface area contributed by atoms with E-state index in [2.05, 4.69) is 24.1 Å². The fraction of sp³-hybridized carbons (Fsp3) is 0.850. The normalized spacial score (nSPS) is 24.3. The summed E-state index contributed by atoms with van der Waals surface area (Å²) in [6, 6.07) is -0.138. The van der Waals surface area contributed by atoms with Crippen molar-refractivity contribution in [3.8, 4) is 0 Å². The third-order valence-electron chi connectivity index (χ3n) is 6.58. The lowest BCUT2D eigenvalue weighted by molar-refractivity contribution is -0.137. The van der Waals surface area contributed by atoms with Crippen LogP contribution in [0, 0.1) is 5.92 Å². The van der Waals surface area contributed by atoms with Crippen molar-refractivity contribution in [1.29, 1.82) is 0 Å². The van der Waals surface area contributed by atoms with Crippen LogP contribution in [-0.2, 0) is 14.3 Å². The molecule has 0 bridgehead atoms. The number of nitrogens with zero attached hydrogens (tertiary/aromatic N) is 3. The van der Waals surface area contributed by atoms with Gasteiger partial charge in [-0.25, -0.2) is 4.79 Å². The molecule has 0 aromatic carbocycles. The highest BCUT2D eigenvalue weighted by Gasteiger charge is 2.55. The summed E-state index contributed by atoms with van der Waals surface area (Å²) in [7, 11) is 1.69. The van der Waals surface area contributed by atoms with Crippen LogP contribution in [0.4, 0.5) is 4.79 Å². The van der Waals surface area contributed by atoms with Gasteiger partial charge in [0.2, 0.25) is 5.91 Å². The van der Waals surface area contributed by atoms with E-state index in [1.807, 2.05) is 0 Å². The number of amides is 4. The average molecular weight is 395 g/mol. The summed E-state index contributed by atoms with van der Waals surface area (Å²) < 4.78 is 5.42. The van der Waals surface area contributed by atoms with E-state index in [9.17, 15) is 14.4 Å². The van der Waals surface area contributed by atoms with E-state index in [0.29, 0.717) is 38.5 Å². The van der Waals surface area contributed by atoms with E-state index in [4.69, 9.17) is 4.74 Å². The van der Waals surface area contributed by atoms with Gasteiger partial charge in [-0.2, -0.15) is 0 Å². The number of carbonyl (C=O) groups is 3. The number of hydrogen-bond donors (Lipinski definition) is 1. The molecule has 0 aromatic heterocycles. The van der Waals surface area contributed by atoms with Gasteiger partial charge in [0.1, 0.15) is 12.1 Å². The molecule has 1 spiro atoms. The lowest BCUT2D eigenvalue weighted by atomic mass is 9.81. The number of urea groups is 1. The van der Waals surface area contributed by atoms with Crippen LogP contribution in [0.15, 0.2) is 0 Å². The molecule has 8 heteroatoms. The number of imide groups is 1. The minimum absolute atomic E-state index is 0.197. The van der Waals surface area contributed by atoms with Crippen molar-refractivity contribution in [2.75, 3.05) is 46.4 Å². The molecule has 0 unspecified atom stereocenters. The van der Waals surface area contributed by atoms with Gasteiger partial charge in [0.25, 0.3) is 5.91 Å². The van der Waals surface area contributed by atoms with Gasteiger partial charge in [0, 0.05) is 32.7 Å². The molecule has 1 N–H and O–H groups in total. The molecule has 158 valence electrons. The van der Waals surface area contributed by atoms with Crippen molar-refractivity contribution in [2.45, 2.75) is 57.5 Å². The zero-order valence-corrected chi connectivity index (χ0v) is 17.4. The fourth-order valence-corrected chi connectivity index (χ4v) is 4.78. The first-order chi connectivity index (χ1) is 13.4. The summed E-state index contributed by atoms with van der Waals surface area (Å²) in [6.07, 6.45) is 4.37. The standard InChI is InChI=1S/C20H34N4O4/c1-15(2)16(23-9-11-28-12-10-23)13-21-17(25)14-24-18(26)20(22(3)19(24)27)7-5-4-6-8-20/h15-16H,4-14H2,1-3H3,(H,21,25)/t16-/m1/s1. The Morgan fingerprint density at radius 3 is 2.39 bits per heavy atom. The Hall–Kier alpha value is -1.67. The Kier molecular flexibility index (Phi) is 6.60. The number of carbonyl (C=O) groups excluding carboxylic acids is 3. The predicted octanol–water partition coefficient (Wildman–Crippen LogP) is 1.06. The maximum atomic E-state index is 13.0. The predicted molar refractivity (Wildman–Crippen MR) is 105 cm³/mol. The van der Waals surface area contributed by atoms with E-state index in [-0.39, 0.29) is 30.4 Å². The first-order valence-corrected chi connectivity index (χ1v) is 10.5. The Morgan fingerprint density at radius 2 is 1.79 bits per heavy atom. The first-order valence-electron chi connectivity index (χ1n) is 10.5. The number of morpholine rings is 1. The molecule has 3 fully saturated rings. The zero-order chi connectivity index (χ0) is 20.3. The minimum Gasteiger partial charge on any atom is -0.379 e. The van der Waals surface area contributed by atoms with Crippen molar-refractivity contribution in [3.05, 3.63) is 0 Å². The van der Waals surface area contributed by atoms with Crippen molar-refractivity contribution < 1.29 is 19.1 Å².